The molecule has 37 heavy (non-hydrogen) atoms. The summed E-state index contributed by atoms with van der Waals surface area (Å²) in [7, 11) is 0. The largest absolute Gasteiger partial charge is 0.504 e. The van der Waals surface area contributed by atoms with Gasteiger partial charge < -0.3 is 44.7 Å². The Bertz CT molecular complexity index is 1800. The summed E-state index contributed by atoms with van der Waals surface area (Å²) in [5.74, 6) is -4.16. The standard InChI is InChI=1S/C26H19NO10/c28-14-3-1-11(7-16(14)30)5-6-27-23(25(34)35)21(12-2-4-15(29)17(31)8-12)22-13-9-18(32)19(33)10-20(13)37-26(36)24(22)27/h1-4,7-10,28-33H,5-6H2,(H,34,35). The number of carboxylic acids is 1. The molecule has 5 aromatic rings. The maximum Gasteiger partial charge on any atom is 0.361 e. The third-order valence-corrected chi connectivity index (χ3v) is 6.14. The Kier molecular flexibility index (Phi) is 5.33. The number of phenolic OH excluding ortho intramolecular Hbond substituents is 6. The number of benzene rings is 3. The van der Waals surface area contributed by atoms with Gasteiger partial charge in [0, 0.05) is 28.9 Å². The Hall–Kier alpha value is -5.32. The van der Waals surface area contributed by atoms with Crippen LogP contribution in [0.15, 0.2) is 57.7 Å². The molecule has 188 valence electrons. The van der Waals surface area contributed by atoms with Crippen LogP contribution in [0.2, 0.25) is 0 Å². The van der Waals surface area contributed by atoms with E-state index in [0.29, 0.717) is 5.56 Å². The van der Waals surface area contributed by atoms with E-state index in [4.69, 9.17) is 4.42 Å². The lowest BCUT2D eigenvalue weighted by molar-refractivity contribution is 0.0686. The summed E-state index contributed by atoms with van der Waals surface area (Å²) >= 11 is 0. The molecule has 11 nitrogen and oxygen atoms in total. The van der Waals surface area contributed by atoms with Crippen LogP contribution in [-0.4, -0.2) is 46.3 Å². The number of carboxylic acid groups (broad SMARTS) is 1. The average Bonchev–Trinajstić information content (AvgIpc) is 3.19. The van der Waals surface area contributed by atoms with E-state index in [2.05, 4.69) is 0 Å². The molecular weight excluding hydrogens is 486 g/mol. The number of aromatic carboxylic acids is 1. The first-order valence-electron chi connectivity index (χ1n) is 10.9. The molecule has 0 fully saturated rings. The molecule has 0 radical (unpaired) electrons. The van der Waals surface area contributed by atoms with Gasteiger partial charge in [-0.1, -0.05) is 12.1 Å². The SMILES string of the molecule is O=C(O)c1c(-c2ccc(O)c(O)c2)c2c3cc(O)c(O)cc3oc(=O)c2n1CCc1ccc(O)c(O)c1. The number of aryl methyl sites for hydroxylation is 2. The Labute approximate surface area is 206 Å². The molecule has 3 aromatic carbocycles. The molecule has 0 aliphatic carbocycles. The van der Waals surface area contributed by atoms with Crippen LogP contribution in [0.1, 0.15) is 16.1 Å². The van der Waals surface area contributed by atoms with Gasteiger partial charge in [-0.15, -0.1) is 0 Å². The fourth-order valence-electron chi connectivity index (χ4n) is 4.45. The Morgan fingerprint density at radius 3 is 2.05 bits per heavy atom. The van der Waals surface area contributed by atoms with Crippen LogP contribution in [0.4, 0.5) is 0 Å². The molecule has 2 heterocycles. The molecule has 0 aliphatic rings. The third kappa shape index (κ3) is 3.78. The van der Waals surface area contributed by atoms with Gasteiger partial charge in [-0.05, 0) is 47.9 Å². The highest BCUT2D eigenvalue weighted by Crippen LogP contribution is 2.42. The van der Waals surface area contributed by atoms with Crippen molar-refractivity contribution in [3.8, 4) is 45.6 Å². The molecule has 11 heteroatoms. The monoisotopic (exact) mass is 505 g/mol. The summed E-state index contributed by atoms with van der Waals surface area (Å²) in [6, 6.07) is 9.93. The van der Waals surface area contributed by atoms with Gasteiger partial charge >= 0.3 is 11.6 Å². The van der Waals surface area contributed by atoms with Gasteiger partial charge in [-0.2, -0.15) is 0 Å². The topological polar surface area (TPSA) is 194 Å². The van der Waals surface area contributed by atoms with Crippen LogP contribution in [0.25, 0.3) is 33.0 Å². The van der Waals surface area contributed by atoms with E-state index in [1.54, 1.807) is 0 Å². The second-order valence-corrected chi connectivity index (χ2v) is 8.41. The number of fused-ring (bicyclic) bond motifs is 3. The predicted octanol–water partition coefficient (Wildman–Crippen LogP) is 3.59. The smallest absolute Gasteiger partial charge is 0.361 e. The van der Waals surface area contributed by atoms with E-state index in [0.717, 1.165) is 24.3 Å². The highest BCUT2D eigenvalue weighted by Gasteiger charge is 2.29. The van der Waals surface area contributed by atoms with Crippen molar-refractivity contribution < 1.29 is 45.0 Å². The normalized spacial score (nSPS) is 11.4. The van der Waals surface area contributed by atoms with Crippen LogP contribution in [-0.2, 0) is 13.0 Å². The van der Waals surface area contributed by atoms with Crippen LogP contribution >= 0.6 is 0 Å². The highest BCUT2D eigenvalue weighted by molar-refractivity contribution is 6.17. The van der Waals surface area contributed by atoms with Gasteiger partial charge in [0.15, 0.2) is 34.5 Å². The van der Waals surface area contributed by atoms with Gasteiger partial charge in [-0.3, -0.25) is 0 Å². The van der Waals surface area contributed by atoms with E-state index in [1.165, 1.54) is 28.8 Å². The van der Waals surface area contributed by atoms with E-state index in [1.807, 2.05) is 0 Å². The molecule has 0 spiro atoms. The summed E-state index contributed by atoms with van der Waals surface area (Å²) < 4.78 is 6.58. The van der Waals surface area contributed by atoms with E-state index in [-0.39, 0.29) is 63.2 Å². The summed E-state index contributed by atoms with van der Waals surface area (Å²) in [5.41, 5.74) is -0.832. The maximum absolute atomic E-state index is 13.2. The molecule has 7 N–H and O–H groups in total. The van der Waals surface area contributed by atoms with Crippen molar-refractivity contribution in [1.82, 2.24) is 4.57 Å². The van der Waals surface area contributed by atoms with E-state index in [9.17, 15) is 45.3 Å². The molecule has 0 saturated carbocycles. The second kappa shape index (κ2) is 8.41. The Morgan fingerprint density at radius 1 is 0.784 bits per heavy atom. The minimum atomic E-state index is -1.41. The zero-order chi connectivity index (χ0) is 26.6. The fraction of sp³-hybridized carbons (Fsp3) is 0.0769. The van der Waals surface area contributed by atoms with Crippen LogP contribution in [0.3, 0.4) is 0 Å². The average molecular weight is 505 g/mol. The maximum atomic E-state index is 13.2. The highest BCUT2D eigenvalue weighted by atomic mass is 16.4. The van der Waals surface area contributed by atoms with Crippen molar-refractivity contribution in [3.05, 3.63) is 70.2 Å². The second-order valence-electron chi connectivity index (χ2n) is 8.41. The van der Waals surface area contributed by atoms with Gasteiger partial charge in [0.25, 0.3) is 0 Å². The number of carbonyl (C=O) groups is 1. The third-order valence-electron chi connectivity index (χ3n) is 6.14. The molecule has 5 rings (SSSR count). The van der Waals surface area contributed by atoms with E-state index < -0.39 is 34.6 Å². The summed E-state index contributed by atoms with van der Waals surface area (Å²) in [6.45, 7) is -0.0766. The number of rotatable bonds is 5. The Balaban J connectivity index is 1.87. The van der Waals surface area contributed by atoms with E-state index >= 15 is 0 Å². The van der Waals surface area contributed by atoms with Gasteiger partial charge in [-0.25, -0.2) is 9.59 Å². The van der Waals surface area contributed by atoms with Crippen molar-refractivity contribution in [3.63, 3.8) is 0 Å². The van der Waals surface area contributed by atoms with Crippen molar-refractivity contribution in [2.24, 2.45) is 0 Å². The minimum Gasteiger partial charge on any atom is -0.504 e. The number of nitrogens with zero attached hydrogens (tertiary/aromatic N) is 1. The summed E-state index contributed by atoms with van der Waals surface area (Å²) in [6.07, 6.45) is 0.135. The van der Waals surface area contributed by atoms with Crippen molar-refractivity contribution >= 4 is 27.8 Å². The van der Waals surface area contributed by atoms with Crippen molar-refractivity contribution in [2.45, 2.75) is 13.0 Å². The van der Waals surface area contributed by atoms with Gasteiger partial charge in [0.1, 0.15) is 16.8 Å². The lowest BCUT2D eigenvalue weighted by atomic mass is 9.99. The number of hydrogen-bond acceptors (Lipinski definition) is 9. The molecule has 0 amide bonds. The summed E-state index contributed by atoms with van der Waals surface area (Å²) in [5, 5.41) is 69.8. The van der Waals surface area contributed by atoms with Crippen LogP contribution in [0, 0.1) is 0 Å². The fourth-order valence-corrected chi connectivity index (χ4v) is 4.45. The van der Waals surface area contributed by atoms with Crippen molar-refractivity contribution in [2.75, 3.05) is 0 Å². The van der Waals surface area contributed by atoms with Gasteiger partial charge in [0.05, 0.1) is 0 Å². The number of aromatic nitrogens is 1. The number of hydrogen-bond donors (Lipinski definition) is 7. The minimum absolute atomic E-state index is 0.00865. The number of phenols is 6. The first kappa shape index (κ1) is 23.4. The van der Waals surface area contributed by atoms with Crippen LogP contribution in [0.5, 0.6) is 34.5 Å². The molecule has 0 saturated heterocycles. The van der Waals surface area contributed by atoms with Gasteiger partial charge in [0.2, 0.25) is 0 Å². The summed E-state index contributed by atoms with van der Waals surface area (Å²) in [4.78, 5) is 25.8. The molecule has 0 unspecified atom stereocenters. The zero-order valence-corrected chi connectivity index (χ0v) is 18.8. The zero-order valence-electron chi connectivity index (χ0n) is 18.8. The predicted molar refractivity (Wildman–Crippen MR) is 131 cm³/mol. The first-order valence-corrected chi connectivity index (χ1v) is 10.9. The van der Waals surface area contributed by atoms with Crippen LogP contribution < -0.4 is 5.63 Å². The molecule has 0 atom stereocenters. The van der Waals surface area contributed by atoms with Crippen molar-refractivity contribution in [1.29, 1.82) is 0 Å². The number of aromatic hydroxyl groups is 6. The molecular formula is C26H19NO10. The lowest BCUT2D eigenvalue weighted by Crippen LogP contribution is -2.14. The lowest BCUT2D eigenvalue weighted by Gasteiger charge is -2.10. The Morgan fingerprint density at radius 2 is 1.41 bits per heavy atom. The molecule has 0 bridgehead atoms. The molecule has 2 aromatic heterocycles. The first-order chi connectivity index (χ1) is 17.6. The molecule has 0 aliphatic heterocycles. The quantitative estimate of drug-likeness (QED) is 0.137.